The van der Waals surface area contributed by atoms with E-state index in [1.165, 1.54) is 11.8 Å². The first-order valence-corrected chi connectivity index (χ1v) is 7.62. The Hall–Kier alpha value is -1.60. The Kier molecular flexibility index (Phi) is 4.84. The number of halogens is 2. The van der Waals surface area contributed by atoms with Crippen LogP contribution in [0.2, 0.25) is 0 Å². The van der Waals surface area contributed by atoms with Gasteiger partial charge in [0.25, 0.3) is 0 Å². The van der Waals surface area contributed by atoms with Crippen molar-refractivity contribution < 1.29 is 9.60 Å². The van der Waals surface area contributed by atoms with Crippen LogP contribution in [-0.2, 0) is 0 Å². The highest BCUT2D eigenvalue weighted by molar-refractivity contribution is 9.10. The number of benzene rings is 1. The Labute approximate surface area is 134 Å². The largest absolute Gasteiger partial charge is 0.409 e. The predicted octanol–water partition coefficient (Wildman–Crippen LogP) is 3.85. The molecule has 2 rings (SSSR count). The lowest BCUT2D eigenvalue weighted by Crippen LogP contribution is -2.14. The molecule has 0 aliphatic heterocycles. The van der Waals surface area contributed by atoms with Crippen molar-refractivity contribution in [1.82, 2.24) is 4.98 Å². The van der Waals surface area contributed by atoms with Gasteiger partial charge in [-0.05, 0) is 59.6 Å². The van der Waals surface area contributed by atoms with Crippen molar-refractivity contribution in [3.8, 4) is 0 Å². The Morgan fingerprint density at radius 1 is 1.38 bits per heavy atom. The molecule has 0 spiro atoms. The normalized spacial score (nSPS) is 11.7. The first-order valence-electron chi connectivity index (χ1n) is 6.01. The van der Waals surface area contributed by atoms with Gasteiger partial charge in [0.2, 0.25) is 0 Å². The zero-order valence-electron chi connectivity index (χ0n) is 11.4. The van der Waals surface area contributed by atoms with Gasteiger partial charge in [-0.15, -0.1) is 0 Å². The van der Waals surface area contributed by atoms with Crippen molar-refractivity contribution in [2.45, 2.75) is 23.8 Å². The fraction of sp³-hybridized carbons (Fsp3) is 0.143. The van der Waals surface area contributed by atoms with E-state index in [1.54, 1.807) is 12.1 Å². The van der Waals surface area contributed by atoms with Gasteiger partial charge in [-0.3, -0.25) is 0 Å². The quantitative estimate of drug-likeness (QED) is 0.373. The van der Waals surface area contributed by atoms with Crippen molar-refractivity contribution in [3.05, 3.63) is 51.4 Å². The third kappa shape index (κ3) is 3.54. The number of amidine groups is 1. The Morgan fingerprint density at radius 3 is 2.71 bits per heavy atom. The fourth-order valence-electron chi connectivity index (χ4n) is 1.83. The molecule has 1 aromatic carbocycles. The van der Waals surface area contributed by atoms with Gasteiger partial charge in [-0.2, -0.15) is 0 Å². The van der Waals surface area contributed by atoms with Gasteiger partial charge in [0.05, 0.1) is 9.37 Å². The molecule has 0 aliphatic carbocycles. The van der Waals surface area contributed by atoms with Crippen LogP contribution in [0, 0.1) is 19.7 Å². The SMILES string of the molecule is Cc1cc(C)nc(Sc2ccc(/C(N)=N/O)c(Br)c2F)c1. The van der Waals surface area contributed by atoms with Gasteiger partial charge in [0, 0.05) is 11.3 Å². The molecule has 0 radical (unpaired) electrons. The van der Waals surface area contributed by atoms with E-state index in [9.17, 15) is 4.39 Å². The van der Waals surface area contributed by atoms with Crippen molar-refractivity contribution in [2.75, 3.05) is 0 Å². The molecule has 4 nitrogen and oxygen atoms in total. The summed E-state index contributed by atoms with van der Waals surface area (Å²) < 4.78 is 14.5. The third-order valence-corrected chi connectivity index (χ3v) is 4.45. The molecular formula is C14H13BrFN3OS. The molecule has 0 fully saturated rings. The lowest BCUT2D eigenvalue weighted by molar-refractivity contribution is 0.318. The zero-order chi connectivity index (χ0) is 15.6. The van der Waals surface area contributed by atoms with Crippen molar-refractivity contribution in [2.24, 2.45) is 10.9 Å². The lowest BCUT2D eigenvalue weighted by Gasteiger charge is -2.09. The van der Waals surface area contributed by atoms with Gasteiger partial charge in [-0.1, -0.05) is 16.9 Å². The second-order valence-electron chi connectivity index (χ2n) is 4.45. The maximum atomic E-state index is 14.4. The lowest BCUT2D eigenvalue weighted by atomic mass is 10.2. The van der Waals surface area contributed by atoms with Gasteiger partial charge < -0.3 is 10.9 Å². The summed E-state index contributed by atoms with van der Waals surface area (Å²) in [7, 11) is 0. The van der Waals surface area contributed by atoms with Crippen LogP contribution in [0.3, 0.4) is 0 Å². The molecule has 0 unspecified atom stereocenters. The fourth-order valence-corrected chi connectivity index (χ4v) is 3.50. The minimum atomic E-state index is -0.468. The molecule has 7 heteroatoms. The smallest absolute Gasteiger partial charge is 0.171 e. The number of hydrogen-bond donors (Lipinski definition) is 2. The predicted molar refractivity (Wildman–Crippen MR) is 84.4 cm³/mol. The number of nitrogens with two attached hydrogens (primary N) is 1. The summed E-state index contributed by atoms with van der Waals surface area (Å²) in [4.78, 5) is 4.78. The monoisotopic (exact) mass is 369 g/mol. The summed E-state index contributed by atoms with van der Waals surface area (Å²) in [6.45, 7) is 3.86. The molecule has 0 amide bonds. The molecule has 0 atom stereocenters. The average molecular weight is 370 g/mol. The number of aromatic nitrogens is 1. The second kappa shape index (κ2) is 6.44. The summed E-state index contributed by atoms with van der Waals surface area (Å²) in [6.07, 6.45) is 0. The standard InChI is InChI=1S/C14H13BrFN3OS/c1-7-5-8(2)18-11(6-7)21-10-4-3-9(14(17)19-20)12(15)13(10)16/h3-6,20H,1-2H3,(H2,17,19). The molecule has 0 bridgehead atoms. The van der Waals surface area contributed by atoms with Gasteiger partial charge in [-0.25, -0.2) is 9.37 Å². The molecule has 1 heterocycles. The minimum Gasteiger partial charge on any atom is -0.409 e. The zero-order valence-corrected chi connectivity index (χ0v) is 13.8. The van der Waals surface area contributed by atoms with Crippen LogP contribution >= 0.6 is 27.7 Å². The first kappa shape index (κ1) is 15.8. The van der Waals surface area contributed by atoms with Crippen LogP contribution < -0.4 is 5.73 Å². The summed E-state index contributed by atoms with van der Waals surface area (Å²) >= 11 is 4.36. The van der Waals surface area contributed by atoms with Crippen LogP contribution in [0.15, 0.2) is 43.8 Å². The molecular weight excluding hydrogens is 357 g/mol. The van der Waals surface area contributed by atoms with Gasteiger partial charge in [0.1, 0.15) is 5.03 Å². The average Bonchev–Trinajstić information content (AvgIpc) is 2.42. The molecule has 0 saturated heterocycles. The van der Waals surface area contributed by atoms with Crippen LogP contribution in [-0.4, -0.2) is 16.0 Å². The van der Waals surface area contributed by atoms with Crippen molar-refractivity contribution in [3.63, 3.8) is 0 Å². The van der Waals surface area contributed by atoms with E-state index >= 15 is 0 Å². The van der Waals surface area contributed by atoms with Crippen LogP contribution in [0.5, 0.6) is 0 Å². The van der Waals surface area contributed by atoms with E-state index in [-0.39, 0.29) is 10.3 Å². The van der Waals surface area contributed by atoms with E-state index in [2.05, 4.69) is 26.1 Å². The summed E-state index contributed by atoms with van der Waals surface area (Å²) in [5, 5.41) is 12.3. The number of aryl methyl sites for hydroxylation is 2. The molecule has 110 valence electrons. The second-order valence-corrected chi connectivity index (χ2v) is 6.31. The van der Waals surface area contributed by atoms with E-state index < -0.39 is 5.82 Å². The molecule has 0 aliphatic rings. The number of hydrogen-bond acceptors (Lipinski definition) is 4. The Morgan fingerprint density at radius 2 is 2.10 bits per heavy atom. The topological polar surface area (TPSA) is 71.5 Å². The number of rotatable bonds is 3. The van der Waals surface area contributed by atoms with Crippen LogP contribution in [0.4, 0.5) is 4.39 Å². The Bertz CT molecular complexity index is 701. The summed E-state index contributed by atoms with van der Waals surface area (Å²) in [6, 6.07) is 7.02. The summed E-state index contributed by atoms with van der Waals surface area (Å²) in [5.74, 6) is -0.619. The highest BCUT2D eigenvalue weighted by atomic mass is 79.9. The molecule has 3 N–H and O–H groups in total. The first-order chi connectivity index (χ1) is 9.92. The molecule has 0 saturated carbocycles. The van der Waals surface area contributed by atoms with Gasteiger partial charge in [0.15, 0.2) is 11.7 Å². The van der Waals surface area contributed by atoms with E-state index in [1.807, 2.05) is 26.0 Å². The Balaban J connectivity index is 2.40. The molecule has 2 aromatic rings. The molecule has 21 heavy (non-hydrogen) atoms. The maximum Gasteiger partial charge on any atom is 0.171 e. The number of pyridine rings is 1. The number of oxime groups is 1. The minimum absolute atomic E-state index is 0.151. The van der Waals surface area contributed by atoms with Crippen molar-refractivity contribution in [1.29, 1.82) is 0 Å². The van der Waals surface area contributed by atoms with E-state index in [0.717, 1.165) is 16.3 Å². The third-order valence-electron chi connectivity index (χ3n) is 2.72. The van der Waals surface area contributed by atoms with Crippen LogP contribution in [0.25, 0.3) is 0 Å². The van der Waals surface area contributed by atoms with E-state index in [4.69, 9.17) is 10.9 Å². The van der Waals surface area contributed by atoms with Crippen LogP contribution in [0.1, 0.15) is 16.8 Å². The summed E-state index contributed by atoms with van der Waals surface area (Å²) in [5.41, 5.74) is 7.74. The highest BCUT2D eigenvalue weighted by Crippen LogP contribution is 2.34. The van der Waals surface area contributed by atoms with Crippen molar-refractivity contribution >= 4 is 33.5 Å². The molecule has 1 aromatic heterocycles. The maximum absolute atomic E-state index is 14.4. The van der Waals surface area contributed by atoms with E-state index in [0.29, 0.717) is 10.5 Å². The number of nitrogens with zero attached hydrogens (tertiary/aromatic N) is 2. The highest BCUT2D eigenvalue weighted by Gasteiger charge is 2.15. The van der Waals surface area contributed by atoms with Gasteiger partial charge >= 0.3 is 0 Å².